The number of hydrogen-bond acceptors (Lipinski definition) is 5. The molecule has 0 aromatic carbocycles. The first-order valence-corrected chi connectivity index (χ1v) is 6.80. The second-order valence-corrected chi connectivity index (χ2v) is 5.23. The SMILES string of the molecule is Cc1cc(-c2n[nH]c(=S)n2/N=C/c2cccs2)n[nH]1. The summed E-state index contributed by atoms with van der Waals surface area (Å²) in [5.41, 5.74) is 1.66. The van der Waals surface area contributed by atoms with E-state index in [0.717, 1.165) is 10.6 Å². The van der Waals surface area contributed by atoms with Gasteiger partial charge in [0, 0.05) is 10.6 Å². The van der Waals surface area contributed by atoms with Crippen LogP contribution in [0.5, 0.6) is 0 Å². The number of aromatic nitrogens is 5. The summed E-state index contributed by atoms with van der Waals surface area (Å²) in [6.45, 7) is 1.93. The summed E-state index contributed by atoms with van der Waals surface area (Å²) in [5.74, 6) is 0.585. The molecule has 0 spiro atoms. The van der Waals surface area contributed by atoms with Gasteiger partial charge in [-0.05, 0) is 36.7 Å². The van der Waals surface area contributed by atoms with Gasteiger partial charge in [0.15, 0.2) is 0 Å². The molecule has 0 aliphatic carbocycles. The van der Waals surface area contributed by atoms with Crippen molar-refractivity contribution in [2.24, 2.45) is 5.10 Å². The Labute approximate surface area is 117 Å². The number of nitrogens with one attached hydrogen (secondary N) is 2. The zero-order chi connectivity index (χ0) is 13.2. The molecule has 3 rings (SSSR count). The van der Waals surface area contributed by atoms with Crippen molar-refractivity contribution in [2.75, 3.05) is 0 Å². The maximum Gasteiger partial charge on any atom is 0.216 e. The van der Waals surface area contributed by atoms with E-state index in [9.17, 15) is 0 Å². The lowest BCUT2D eigenvalue weighted by Crippen LogP contribution is -1.94. The summed E-state index contributed by atoms with van der Waals surface area (Å²) in [7, 11) is 0. The number of nitrogens with zero attached hydrogens (tertiary/aromatic N) is 4. The van der Waals surface area contributed by atoms with Crippen molar-refractivity contribution < 1.29 is 0 Å². The van der Waals surface area contributed by atoms with Crippen molar-refractivity contribution in [3.63, 3.8) is 0 Å². The van der Waals surface area contributed by atoms with Gasteiger partial charge in [-0.2, -0.15) is 20.0 Å². The van der Waals surface area contributed by atoms with Crippen molar-refractivity contribution in [1.29, 1.82) is 0 Å². The van der Waals surface area contributed by atoms with Crippen molar-refractivity contribution in [2.45, 2.75) is 6.92 Å². The molecule has 3 heterocycles. The Balaban J connectivity index is 2.02. The van der Waals surface area contributed by atoms with Crippen LogP contribution in [0.2, 0.25) is 0 Å². The van der Waals surface area contributed by atoms with Gasteiger partial charge in [0.25, 0.3) is 0 Å². The topological polar surface area (TPSA) is 74.7 Å². The van der Waals surface area contributed by atoms with Crippen LogP contribution in [0.1, 0.15) is 10.6 Å². The largest absolute Gasteiger partial charge is 0.282 e. The molecule has 0 bridgehead atoms. The van der Waals surface area contributed by atoms with Gasteiger partial charge in [0.05, 0.1) is 6.21 Å². The van der Waals surface area contributed by atoms with Crippen molar-refractivity contribution in [3.05, 3.63) is 38.9 Å². The number of aryl methyl sites for hydroxylation is 1. The third-order valence-corrected chi connectivity index (χ3v) is 3.50. The molecule has 96 valence electrons. The molecule has 6 nitrogen and oxygen atoms in total. The molecular weight excluding hydrogens is 280 g/mol. The molecule has 3 aromatic heterocycles. The van der Waals surface area contributed by atoms with Crippen molar-refractivity contribution in [3.8, 4) is 11.5 Å². The minimum atomic E-state index is 0.434. The highest BCUT2D eigenvalue weighted by molar-refractivity contribution is 7.71. The van der Waals surface area contributed by atoms with Crippen LogP contribution in [0.25, 0.3) is 11.5 Å². The fourth-order valence-corrected chi connectivity index (χ4v) is 2.34. The number of thiophene rings is 1. The smallest absolute Gasteiger partial charge is 0.216 e. The molecular formula is C11H10N6S2. The second kappa shape index (κ2) is 4.90. The van der Waals surface area contributed by atoms with Gasteiger partial charge in [-0.3, -0.25) is 5.10 Å². The lowest BCUT2D eigenvalue weighted by atomic mass is 10.3. The van der Waals surface area contributed by atoms with Gasteiger partial charge in [0.1, 0.15) is 5.69 Å². The van der Waals surface area contributed by atoms with Gasteiger partial charge in [-0.15, -0.1) is 11.3 Å². The molecule has 3 aromatic rings. The molecule has 0 fully saturated rings. The summed E-state index contributed by atoms with van der Waals surface area (Å²) in [6, 6.07) is 5.84. The Morgan fingerprint density at radius 3 is 3.00 bits per heavy atom. The Bertz CT molecular complexity index is 761. The van der Waals surface area contributed by atoms with Gasteiger partial charge in [-0.25, -0.2) is 5.10 Å². The summed E-state index contributed by atoms with van der Waals surface area (Å²) >= 11 is 6.78. The first-order chi connectivity index (χ1) is 9.24. The maximum absolute atomic E-state index is 5.17. The van der Waals surface area contributed by atoms with Crippen LogP contribution in [0, 0.1) is 11.7 Å². The Hall–Kier alpha value is -2.06. The molecule has 0 saturated heterocycles. The molecule has 2 N–H and O–H groups in total. The fourth-order valence-electron chi connectivity index (χ4n) is 1.58. The highest BCUT2D eigenvalue weighted by atomic mass is 32.1. The zero-order valence-corrected chi connectivity index (χ0v) is 11.6. The van der Waals surface area contributed by atoms with E-state index < -0.39 is 0 Å². The van der Waals surface area contributed by atoms with Crippen LogP contribution in [-0.2, 0) is 0 Å². The van der Waals surface area contributed by atoms with Gasteiger partial charge in [-0.1, -0.05) is 6.07 Å². The Morgan fingerprint density at radius 1 is 1.42 bits per heavy atom. The summed E-state index contributed by atoms with van der Waals surface area (Å²) < 4.78 is 1.99. The standard InChI is InChI=1S/C11H10N6S2/c1-7-5-9(14-13-7)10-15-16-11(18)17(10)12-6-8-3-2-4-19-8/h2-6H,1H3,(H,13,14)(H,16,18)/b12-6+. The van der Waals surface area contributed by atoms with E-state index in [1.54, 1.807) is 22.2 Å². The molecule has 0 radical (unpaired) electrons. The Kier molecular flexibility index (Phi) is 3.10. The van der Waals surface area contributed by atoms with E-state index >= 15 is 0 Å². The van der Waals surface area contributed by atoms with Crippen molar-refractivity contribution in [1.82, 2.24) is 25.1 Å². The predicted molar refractivity (Wildman–Crippen MR) is 77.0 cm³/mol. The number of hydrogen-bond donors (Lipinski definition) is 2. The predicted octanol–water partition coefficient (Wildman–Crippen LogP) is 2.58. The molecule has 0 saturated carbocycles. The van der Waals surface area contributed by atoms with E-state index in [0.29, 0.717) is 16.3 Å². The molecule has 8 heteroatoms. The molecule has 0 unspecified atom stereocenters. The monoisotopic (exact) mass is 290 g/mol. The summed E-state index contributed by atoms with van der Waals surface area (Å²) in [4.78, 5) is 1.05. The average molecular weight is 290 g/mol. The van der Waals surface area contributed by atoms with Crippen LogP contribution in [0.15, 0.2) is 28.7 Å². The lowest BCUT2D eigenvalue weighted by molar-refractivity contribution is 0.865. The molecule has 0 aliphatic heterocycles. The summed E-state index contributed by atoms with van der Waals surface area (Å²) in [5, 5.41) is 20.2. The van der Waals surface area contributed by atoms with Crippen LogP contribution in [0.4, 0.5) is 0 Å². The minimum Gasteiger partial charge on any atom is -0.282 e. The number of H-pyrrole nitrogens is 2. The zero-order valence-electron chi connectivity index (χ0n) is 9.99. The summed E-state index contributed by atoms with van der Waals surface area (Å²) in [6.07, 6.45) is 1.75. The fraction of sp³-hybridized carbons (Fsp3) is 0.0909. The minimum absolute atomic E-state index is 0.434. The third kappa shape index (κ3) is 2.40. The van der Waals surface area contributed by atoms with Gasteiger partial charge in [0.2, 0.25) is 10.6 Å². The average Bonchev–Trinajstić information content (AvgIpc) is 3.08. The highest BCUT2D eigenvalue weighted by Gasteiger charge is 2.10. The Morgan fingerprint density at radius 2 is 2.32 bits per heavy atom. The van der Waals surface area contributed by atoms with Crippen molar-refractivity contribution >= 4 is 29.8 Å². The van der Waals surface area contributed by atoms with E-state index in [-0.39, 0.29) is 0 Å². The molecule has 0 aliphatic rings. The van der Waals surface area contributed by atoms with Crippen LogP contribution in [-0.4, -0.2) is 31.3 Å². The van der Waals surface area contributed by atoms with Crippen LogP contribution >= 0.6 is 23.6 Å². The lowest BCUT2D eigenvalue weighted by Gasteiger charge is -1.95. The first kappa shape index (κ1) is 12.0. The molecule has 19 heavy (non-hydrogen) atoms. The normalized spacial score (nSPS) is 11.4. The van der Waals surface area contributed by atoms with Crippen LogP contribution < -0.4 is 0 Å². The van der Waals surface area contributed by atoms with Crippen LogP contribution in [0.3, 0.4) is 0 Å². The highest BCUT2D eigenvalue weighted by Crippen LogP contribution is 2.15. The van der Waals surface area contributed by atoms with E-state index in [2.05, 4.69) is 25.5 Å². The number of rotatable bonds is 3. The second-order valence-electron chi connectivity index (χ2n) is 3.86. The molecule has 0 atom stereocenters. The molecule has 0 amide bonds. The van der Waals surface area contributed by atoms with E-state index in [1.807, 2.05) is 30.5 Å². The first-order valence-electron chi connectivity index (χ1n) is 5.52. The maximum atomic E-state index is 5.17. The van der Waals surface area contributed by atoms with E-state index in [1.165, 1.54) is 0 Å². The van der Waals surface area contributed by atoms with E-state index in [4.69, 9.17) is 12.2 Å². The third-order valence-electron chi connectivity index (χ3n) is 2.43. The van der Waals surface area contributed by atoms with Gasteiger partial charge < -0.3 is 0 Å². The van der Waals surface area contributed by atoms with Gasteiger partial charge >= 0.3 is 0 Å². The number of aromatic amines is 2. The quantitative estimate of drug-likeness (QED) is 0.575.